The summed E-state index contributed by atoms with van der Waals surface area (Å²) in [5.41, 5.74) is -0.188. The minimum atomic E-state index is -2.97. The van der Waals surface area contributed by atoms with Crippen molar-refractivity contribution in [1.82, 2.24) is 0 Å². The summed E-state index contributed by atoms with van der Waals surface area (Å²) in [6.45, 7) is -0.530. The first-order valence-electron chi connectivity index (χ1n) is 3.18. The fraction of sp³-hybridized carbons (Fsp3) is 0.429. The van der Waals surface area contributed by atoms with E-state index in [1.807, 2.05) is 0 Å². The first-order chi connectivity index (χ1) is 5.17. The molecular weight excluding hydrogens is 154 g/mol. The van der Waals surface area contributed by atoms with Crippen LogP contribution in [-0.4, -0.2) is 11.7 Å². The smallest absolute Gasteiger partial charge is 0.278 e. The molecule has 0 amide bonds. The van der Waals surface area contributed by atoms with E-state index in [0.717, 1.165) is 6.26 Å². The standard InChI is InChI=1S/C7H8F2O2/c8-7(9,2-3-10)6-1-4-11-5-6/h1,4-5,10H,2-3H2. The molecular formula is C7H8F2O2. The molecule has 0 radical (unpaired) electrons. The number of halogens is 2. The second-order valence-electron chi connectivity index (χ2n) is 2.19. The zero-order chi connectivity index (χ0) is 8.32. The lowest BCUT2D eigenvalue weighted by Crippen LogP contribution is -2.13. The Balaban J connectivity index is 2.73. The molecule has 1 N–H and O–H groups in total. The highest BCUT2D eigenvalue weighted by atomic mass is 19.3. The fourth-order valence-electron chi connectivity index (χ4n) is 0.757. The number of aliphatic hydroxyl groups is 1. The Hall–Kier alpha value is -0.900. The average Bonchev–Trinajstić information content (AvgIpc) is 2.37. The van der Waals surface area contributed by atoms with Crippen LogP contribution in [0, 0.1) is 0 Å². The number of alkyl halides is 2. The van der Waals surface area contributed by atoms with E-state index in [-0.39, 0.29) is 5.56 Å². The van der Waals surface area contributed by atoms with Gasteiger partial charge in [0.2, 0.25) is 0 Å². The van der Waals surface area contributed by atoms with Gasteiger partial charge in [-0.1, -0.05) is 0 Å². The second-order valence-corrected chi connectivity index (χ2v) is 2.19. The molecule has 0 aliphatic rings. The van der Waals surface area contributed by atoms with Crippen molar-refractivity contribution in [2.75, 3.05) is 6.61 Å². The van der Waals surface area contributed by atoms with Gasteiger partial charge in [-0.05, 0) is 6.07 Å². The van der Waals surface area contributed by atoms with Crippen LogP contribution in [0.15, 0.2) is 23.0 Å². The van der Waals surface area contributed by atoms with E-state index in [9.17, 15) is 8.78 Å². The van der Waals surface area contributed by atoms with Crippen molar-refractivity contribution in [1.29, 1.82) is 0 Å². The molecule has 62 valence electrons. The fourth-order valence-corrected chi connectivity index (χ4v) is 0.757. The molecule has 0 saturated carbocycles. The van der Waals surface area contributed by atoms with E-state index in [4.69, 9.17) is 5.11 Å². The Morgan fingerprint density at radius 2 is 2.27 bits per heavy atom. The first-order valence-corrected chi connectivity index (χ1v) is 3.18. The Kier molecular flexibility index (Phi) is 2.24. The minimum absolute atomic E-state index is 0.188. The van der Waals surface area contributed by atoms with Crippen LogP contribution < -0.4 is 0 Å². The number of hydrogen-bond donors (Lipinski definition) is 1. The normalized spacial score (nSPS) is 11.9. The van der Waals surface area contributed by atoms with Crippen LogP contribution in [0.2, 0.25) is 0 Å². The topological polar surface area (TPSA) is 33.4 Å². The maximum atomic E-state index is 12.8. The van der Waals surface area contributed by atoms with Gasteiger partial charge in [0.1, 0.15) is 0 Å². The summed E-state index contributed by atoms with van der Waals surface area (Å²) in [5, 5.41) is 8.29. The third kappa shape index (κ3) is 1.77. The van der Waals surface area contributed by atoms with E-state index >= 15 is 0 Å². The summed E-state index contributed by atoms with van der Waals surface area (Å²) in [6.07, 6.45) is 1.60. The van der Waals surface area contributed by atoms with E-state index in [0.29, 0.717) is 0 Å². The maximum Gasteiger partial charge on any atom is 0.278 e. The summed E-state index contributed by atoms with van der Waals surface area (Å²) in [4.78, 5) is 0. The Morgan fingerprint density at radius 1 is 1.55 bits per heavy atom. The van der Waals surface area contributed by atoms with Crippen LogP contribution in [0.1, 0.15) is 12.0 Å². The zero-order valence-electron chi connectivity index (χ0n) is 5.76. The van der Waals surface area contributed by atoms with Crippen molar-refractivity contribution in [3.8, 4) is 0 Å². The molecule has 11 heavy (non-hydrogen) atoms. The van der Waals surface area contributed by atoms with E-state index in [1.54, 1.807) is 0 Å². The molecule has 1 aromatic rings. The van der Waals surface area contributed by atoms with Crippen LogP contribution in [0.25, 0.3) is 0 Å². The predicted molar refractivity (Wildman–Crippen MR) is 34.3 cm³/mol. The highest BCUT2D eigenvalue weighted by molar-refractivity contribution is 5.12. The van der Waals surface area contributed by atoms with Gasteiger partial charge in [0.25, 0.3) is 5.92 Å². The Morgan fingerprint density at radius 3 is 2.73 bits per heavy atom. The Labute approximate surface area is 62.4 Å². The van der Waals surface area contributed by atoms with Crippen molar-refractivity contribution < 1.29 is 18.3 Å². The quantitative estimate of drug-likeness (QED) is 0.734. The van der Waals surface area contributed by atoms with Crippen molar-refractivity contribution >= 4 is 0 Å². The van der Waals surface area contributed by atoms with Gasteiger partial charge in [0, 0.05) is 13.0 Å². The molecule has 4 heteroatoms. The van der Waals surface area contributed by atoms with Crippen molar-refractivity contribution in [2.45, 2.75) is 12.3 Å². The predicted octanol–water partition coefficient (Wildman–Crippen LogP) is 1.75. The van der Waals surface area contributed by atoms with E-state index in [1.165, 1.54) is 12.3 Å². The second kappa shape index (κ2) is 3.00. The summed E-state index contributed by atoms with van der Waals surface area (Å²) < 4.78 is 30.0. The molecule has 0 aliphatic carbocycles. The lowest BCUT2D eigenvalue weighted by Gasteiger charge is -2.11. The third-order valence-corrected chi connectivity index (χ3v) is 1.37. The number of aliphatic hydroxyl groups excluding tert-OH is 1. The van der Waals surface area contributed by atoms with Gasteiger partial charge in [0.05, 0.1) is 18.1 Å². The molecule has 2 nitrogen and oxygen atoms in total. The van der Waals surface area contributed by atoms with Crippen LogP contribution >= 0.6 is 0 Å². The van der Waals surface area contributed by atoms with Crippen LogP contribution in [-0.2, 0) is 5.92 Å². The highest BCUT2D eigenvalue weighted by Gasteiger charge is 2.31. The summed E-state index contributed by atoms with van der Waals surface area (Å²) in [6, 6.07) is 1.19. The van der Waals surface area contributed by atoms with Gasteiger partial charge in [-0.15, -0.1) is 0 Å². The van der Waals surface area contributed by atoms with Crippen LogP contribution in [0.3, 0.4) is 0 Å². The SMILES string of the molecule is OCCC(F)(F)c1ccoc1. The molecule has 1 rings (SSSR count). The first kappa shape index (κ1) is 8.20. The van der Waals surface area contributed by atoms with Gasteiger partial charge >= 0.3 is 0 Å². The highest BCUT2D eigenvalue weighted by Crippen LogP contribution is 2.31. The molecule has 0 saturated heterocycles. The number of furan rings is 1. The van der Waals surface area contributed by atoms with Gasteiger partial charge in [-0.2, -0.15) is 0 Å². The summed E-state index contributed by atoms with van der Waals surface area (Å²) >= 11 is 0. The monoisotopic (exact) mass is 162 g/mol. The molecule has 0 fully saturated rings. The lowest BCUT2D eigenvalue weighted by atomic mass is 10.1. The van der Waals surface area contributed by atoms with Crippen molar-refractivity contribution in [3.05, 3.63) is 24.2 Å². The molecule has 1 heterocycles. The van der Waals surface area contributed by atoms with Crippen molar-refractivity contribution in [2.24, 2.45) is 0 Å². The number of hydrogen-bond acceptors (Lipinski definition) is 2. The largest absolute Gasteiger partial charge is 0.472 e. The lowest BCUT2D eigenvalue weighted by molar-refractivity contribution is -0.0274. The maximum absolute atomic E-state index is 12.8. The molecule has 0 aliphatic heterocycles. The van der Waals surface area contributed by atoms with E-state index < -0.39 is 19.0 Å². The third-order valence-electron chi connectivity index (χ3n) is 1.37. The Bertz CT molecular complexity index is 206. The molecule has 1 aromatic heterocycles. The van der Waals surface area contributed by atoms with Crippen LogP contribution in [0.4, 0.5) is 8.78 Å². The molecule has 0 spiro atoms. The molecule has 0 bridgehead atoms. The summed E-state index contributed by atoms with van der Waals surface area (Å²) in [7, 11) is 0. The van der Waals surface area contributed by atoms with Gasteiger partial charge in [-0.3, -0.25) is 0 Å². The van der Waals surface area contributed by atoms with Gasteiger partial charge < -0.3 is 9.52 Å². The van der Waals surface area contributed by atoms with Crippen molar-refractivity contribution in [3.63, 3.8) is 0 Å². The molecule has 0 aromatic carbocycles. The molecule has 0 atom stereocenters. The molecule has 0 unspecified atom stereocenters. The van der Waals surface area contributed by atoms with Gasteiger partial charge in [-0.25, -0.2) is 8.78 Å². The van der Waals surface area contributed by atoms with Crippen LogP contribution in [0.5, 0.6) is 0 Å². The minimum Gasteiger partial charge on any atom is -0.472 e. The van der Waals surface area contributed by atoms with E-state index in [2.05, 4.69) is 4.42 Å². The van der Waals surface area contributed by atoms with Gasteiger partial charge in [0.15, 0.2) is 0 Å². The number of rotatable bonds is 3. The summed E-state index contributed by atoms with van der Waals surface area (Å²) in [5.74, 6) is -2.97. The zero-order valence-corrected chi connectivity index (χ0v) is 5.76. The average molecular weight is 162 g/mol.